The van der Waals surface area contributed by atoms with Crippen LogP contribution in [0.4, 0.5) is 10.1 Å². The molecule has 4 nitrogen and oxygen atoms in total. The van der Waals surface area contributed by atoms with E-state index in [-0.39, 0.29) is 16.0 Å². The second-order valence-electron chi connectivity index (χ2n) is 4.79. The van der Waals surface area contributed by atoms with Crippen LogP contribution in [-0.2, 0) is 10.0 Å². The lowest BCUT2D eigenvalue weighted by molar-refractivity contribution is 0.530. The normalized spacial score (nSPS) is 18.0. The van der Waals surface area contributed by atoms with Crippen LogP contribution >= 0.6 is 0 Å². The first kappa shape index (κ1) is 12.3. The monoisotopic (exact) mass is 258 g/mol. The van der Waals surface area contributed by atoms with E-state index >= 15 is 0 Å². The Morgan fingerprint density at radius 3 is 2.71 bits per heavy atom. The number of sulfonamides is 1. The minimum Gasteiger partial charge on any atom is -0.395 e. The minimum absolute atomic E-state index is 0.0508. The first-order valence-electron chi connectivity index (χ1n) is 5.38. The lowest BCUT2D eigenvalue weighted by Crippen LogP contribution is -2.29. The molecule has 1 aromatic carbocycles. The zero-order chi connectivity index (χ0) is 12.7. The van der Waals surface area contributed by atoms with Gasteiger partial charge < -0.3 is 5.73 Å². The van der Waals surface area contributed by atoms with Gasteiger partial charge in [-0.2, -0.15) is 0 Å². The molecule has 0 amide bonds. The van der Waals surface area contributed by atoms with Gasteiger partial charge in [-0.15, -0.1) is 0 Å². The maximum Gasteiger partial charge on any atom is 0.242 e. The SMILES string of the molecule is CC1(CNS(=O)(=O)c2cccc(F)c2N)CC1. The van der Waals surface area contributed by atoms with Gasteiger partial charge in [-0.1, -0.05) is 13.0 Å². The van der Waals surface area contributed by atoms with Crippen molar-refractivity contribution in [2.75, 3.05) is 12.3 Å². The summed E-state index contributed by atoms with van der Waals surface area (Å²) in [6.45, 7) is 2.37. The Bertz CT molecular complexity index is 538. The quantitative estimate of drug-likeness (QED) is 0.804. The van der Waals surface area contributed by atoms with Gasteiger partial charge in [-0.3, -0.25) is 0 Å². The van der Waals surface area contributed by atoms with E-state index in [2.05, 4.69) is 4.72 Å². The summed E-state index contributed by atoms with van der Waals surface area (Å²) in [4.78, 5) is -0.193. The number of nitrogen functional groups attached to an aromatic ring is 1. The van der Waals surface area contributed by atoms with Gasteiger partial charge in [0.1, 0.15) is 10.7 Å². The molecule has 3 N–H and O–H groups in total. The number of benzene rings is 1. The molecule has 17 heavy (non-hydrogen) atoms. The molecule has 0 unspecified atom stereocenters. The van der Waals surface area contributed by atoms with E-state index in [0.717, 1.165) is 18.9 Å². The van der Waals surface area contributed by atoms with Crippen molar-refractivity contribution in [2.45, 2.75) is 24.7 Å². The number of nitrogens with one attached hydrogen (secondary N) is 1. The molecule has 1 aliphatic rings. The highest BCUT2D eigenvalue weighted by Gasteiger charge is 2.38. The van der Waals surface area contributed by atoms with Gasteiger partial charge in [0.25, 0.3) is 0 Å². The van der Waals surface area contributed by atoms with Crippen LogP contribution in [0.1, 0.15) is 19.8 Å². The maximum atomic E-state index is 13.2. The van der Waals surface area contributed by atoms with E-state index in [1.807, 2.05) is 6.92 Å². The molecule has 6 heteroatoms. The fourth-order valence-electron chi connectivity index (χ4n) is 1.49. The predicted molar refractivity (Wildman–Crippen MR) is 63.3 cm³/mol. The molecule has 0 aliphatic heterocycles. The summed E-state index contributed by atoms with van der Waals surface area (Å²) in [6.07, 6.45) is 2.02. The van der Waals surface area contributed by atoms with Gasteiger partial charge in [0.2, 0.25) is 10.0 Å². The van der Waals surface area contributed by atoms with Crippen LogP contribution in [0.15, 0.2) is 23.1 Å². The topological polar surface area (TPSA) is 72.2 Å². The number of rotatable bonds is 4. The Kier molecular flexibility index (Phi) is 2.87. The summed E-state index contributed by atoms with van der Waals surface area (Å²) in [7, 11) is -3.72. The molecule has 1 fully saturated rings. The number of hydrogen-bond donors (Lipinski definition) is 2. The van der Waals surface area contributed by atoms with E-state index < -0.39 is 15.8 Å². The van der Waals surface area contributed by atoms with Crippen LogP contribution in [0.3, 0.4) is 0 Å². The fraction of sp³-hybridized carbons (Fsp3) is 0.455. The maximum absolute atomic E-state index is 13.2. The van der Waals surface area contributed by atoms with Gasteiger partial charge in [-0.05, 0) is 30.4 Å². The van der Waals surface area contributed by atoms with Crippen LogP contribution < -0.4 is 10.5 Å². The average Bonchev–Trinajstić information content (AvgIpc) is 2.99. The molecule has 94 valence electrons. The van der Waals surface area contributed by atoms with Crippen LogP contribution in [0.2, 0.25) is 0 Å². The van der Waals surface area contributed by atoms with E-state index in [1.165, 1.54) is 12.1 Å². The van der Waals surface area contributed by atoms with Crippen molar-refractivity contribution >= 4 is 15.7 Å². The van der Waals surface area contributed by atoms with Gasteiger partial charge in [-0.25, -0.2) is 17.5 Å². The highest BCUT2D eigenvalue weighted by molar-refractivity contribution is 7.89. The molecule has 1 aliphatic carbocycles. The third-order valence-corrected chi connectivity index (χ3v) is 4.55. The Hall–Kier alpha value is -1.14. The zero-order valence-electron chi connectivity index (χ0n) is 9.53. The van der Waals surface area contributed by atoms with Gasteiger partial charge >= 0.3 is 0 Å². The molecule has 2 rings (SSSR count). The number of hydrogen-bond acceptors (Lipinski definition) is 3. The van der Waals surface area contributed by atoms with E-state index in [9.17, 15) is 12.8 Å². The van der Waals surface area contributed by atoms with E-state index in [1.54, 1.807) is 0 Å². The number of anilines is 1. The summed E-state index contributed by atoms with van der Waals surface area (Å²) in [5.41, 5.74) is 5.15. The molecule has 0 atom stereocenters. The van der Waals surface area contributed by atoms with Crippen molar-refractivity contribution in [1.82, 2.24) is 4.72 Å². The van der Waals surface area contributed by atoms with Crippen molar-refractivity contribution in [3.63, 3.8) is 0 Å². The highest BCUT2D eigenvalue weighted by atomic mass is 32.2. The smallest absolute Gasteiger partial charge is 0.242 e. The predicted octanol–water partition coefficient (Wildman–Crippen LogP) is 1.49. The molecule has 1 saturated carbocycles. The molecule has 0 aromatic heterocycles. The van der Waals surface area contributed by atoms with Crippen molar-refractivity contribution in [1.29, 1.82) is 0 Å². The standard InChI is InChI=1S/C11H15FN2O2S/c1-11(5-6-11)7-14-17(15,16)9-4-2-3-8(12)10(9)13/h2-4,14H,5-7,13H2,1H3. The van der Waals surface area contributed by atoms with Crippen molar-refractivity contribution in [2.24, 2.45) is 5.41 Å². The lowest BCUT2D eigenvalue weighted by atomic mass is 10.2. The lowest BCUT2D eigenvalue weighted by Gasteiger charge is -2.12. The molecule has 0 spiro atoms. The molecule has 1 aromatic rings. The Balaban J connectivity index is 2.22. The van der Waals surface area contributed by atoms with E-state index in [0.29, 0.717) is 6.54 Å². The van der Waals surface area contributed by atoms with Crippen molar-refractivity contribution in [3.05, 3.63) is 24.0 Å². The fourth-order valence-corrected chi connectivity index (χ4v) is 2.83. The van der Waals surface area contributed by atoms with Crippen LogP contribution in [-0.4, -0.2) is 15.0 Å². The summed E-state index contributed by atoms with van der Waals surface area (Å²) in [5, 5.41) is 0. The van der Waals surface area contributed by atoms with Gasteiger partial charge in [0.15, 0.2) is 0 Å². The summed E-state index contributed by atoms with van der Waals surface area (Å²) < 4.78 is 39.5. The highest BCUT2D eigenvalue weighted by Crippen LogP contribution is 2.44. The summed E-state index contributed by atoms with van der Waals surface area (Å²) in [5.74, 6) is -0.717. The van der Waals surface area contributed by atoms with Gasteiger partial charge in [0, 0.05) is 6.54 Å². The van der Waals surface area contributed by atoms with Crippen LogP contribution in [0.5, 0.6) is 0 Å². The molecule has 0 saturated heterocycles. The summed E-state index contributed by atoms with van der Waals surface area (Å²) in [6, 6.07) is 3.77. The summed E-state index contributed by atoms with van der Waals surface area (Å²) >= 11 is 0. The first-order valence-corrected chi connectivity index (χ1v) is 6.86. The Morgan fingerprint density at radius 2 is 2.12 bits per heavy atom. The molecule has 0 heterocycles. The van der Waals surface area contributed by atoms with Crippen LogP contribution in [0.25, 0.3) is 0 Å². The van der Waals surface area contributed by atoms with E-state index in [4.69, 9.17) is 5.73 Å². The largest absolute Gasteiger partial charge is 0.395 e. The zero-order valence-corrected chi connectivity index (χ0v) is 10.3. The minimum atomic E-state index is -3.72. The van der Waals surface area contributed by atoms with Crippen molar-refractivity contribution < 1.29 is 12.8 Å². The third kappa shape index (κ3) is 2.58. The number of halogens is 1. The second-order valence-corrected chi connectivity index (χ2v) is 6.52. The Labute approximate surface area is 100 Å². The molecular formula is C11H15FN2O2S. The van der Waals surface area contributed by atoms with Gasteiger partial charge in [0.05, 0.1) is 5.69 Å². The second kappa shape index (κ2) is 3.96. The first-order chi connectivity index (χ1) is 7.84. The Morgan fingerprint density at radius 1 is 1.47 bits per heavy atom. The number of nitrogens with two attached hydrogens (primary N) is 1. The third-order valence-electron chi connectivity index (χ3n) is 3.09. The molecule has 0 radical (unpaired) electrons. The average molecular weight is 258 g/mol. The molecular weight excluding hydrogens is 243 g/mol. The van der Waals surface area contributed by atoms with Crippen molar-refractivity contribution in [3.8, 4) is 0 Å². The number of para-hydroxylation sites is 1. The molecule has 0 bridgehead atoms. The van der Waals surface area contributed by atoms with Crippen LogP contribution in [0, 0.1) is 11.2 Å².